The van der Waals surface area contributed by atoms with Crippen LogP contribution in [0, 0.1) is 0 Å². The van der Waals surface area contributed by atoms with Crippen LogP contribution < -0.4 is 0 Å². The number of hydrogen-bond donors (Lipinski definition) is 2. The van der Waals surface area contributed by atoms with Crippen LogP contribution >= 0.6 is 0 Å². The minimum absolute atomic E-state index is 0.166. The van der Waals surface area contributed by atoms with E-state index in [-0.39, 0.29) is 6.42 Å². The third-order valence-electron chi connectivity index (χ3n) is 1.92. The van der Waals surface area contributed by atoms with Crippen LogP contribution in [0.5, 0.6) is 0 Å². The summed E-state index contributed by atoms with van der Waals surface area (Å²) >= 11 is 0. The summed E-state index contributed by atoms with van der Waals surface area (Å²) in [6.45, 7) is 2.09. The Hall–Kier alpha value is -1.32. The lowest BCUT2D eigenvalue weighted by molar-refractivity contribution is -0.136. The SMILES string of the molecule is CCCc1cn[nH]c1CCC(=O)O. The molecule has 1 aromatic rings. The number of aliphatic carboxylic acids is 1. The number of carboxylic acids is 1. The third-order valence-corrected chi connectivity index (χ3v) is 1.92. The molecule has 2 N–H and O–H groups in total. The molecule has 0 saturated carbocycles. The van der Waals surface area contributed by atoms with Crippen molar-refractivity contribution in [3.8, 4) is 0 Å². The summed E-state index contributed by atoms with van der Waals surface area (Å²) in [5, 5.41) is 15.2. The number of aromatic amines is 1. The number of hydrogen-bond acceptors (Lipinski definition) is 2. The molecule has 0 amide bonds. The molecule has 0 aromatic carbocycles. The second-order valence-corrected chi connectivity index (χ2v) is 3.02. The number of aromatic nitrogens is 2. The molecule has 0 atom stereocenters. The number of carboxylic acid groups (broad SMARTS) is 1. The maximum atomic E-state index is 10.3. The van der Waals surface area contributed by atoms with Crippen molar-refractivity contribution >= 4 is 5.97 Å². The van der Waals surface area contributed by atoms with Gasteiger partial charge in [0.05, 0.1) is 12.6 Å². The quantitative estimate of drug-likeness (QED) is 0.723. The van der Waals surface area contributed by atoms with Gasteiger partial charge in [-0.1, -0.05) is 13.3 Å². The first-order valence-electron chi connectivity index (χ1n) is 4.47. The van der Waals surface area contributed by atoms with E-state index < -0.39 is 5.97 Å². The molecule has 0 bridgehead atoms. The lowest BCUT2D eigenvalue weighted by Crippen LogP contribution is -1.99. The molecule has 0 fully saturated rings. The molecule has 0 spiro atoms. The van der Waals surface area contributed by atoms with Gasteiger partial charge in [-0.2, -0.15) is 5.10 Å². The molecule has 0 aliphatic heterocycles. The molecule has 4 nitrogen and oxygen atoms in total. The van der Waals surface area contributed by atoms with Crippen molar-refractivity contribution in [1.82, 2.24) is 10.2 Å². The van der Waals surface area contributed by atoms with Crippen molar-refractivity contribution in [2.75, 3.05) is 0 Å². The first-order valence-corrected chi connectivity index (χ1v) is 4.47. The molecular formula is C9H14N2O2. The van der Waals surface area contributed by atoms with Gasteiger partial charge in [-0.05, 0) is 18.4 Å². The van der Waals surface area contributed by atoms with Crippen molar-refractivity contribution < 1.29 is 9.90 Å². The van der Waals surface area contributed by atoms with Crippen molar-refractivity contribution in [3.63, 3.8) is 0 Å². The summed E-state index contributed by atoms with van der Waals surface area (Å²) in [5.74, 6) is -0.767. The van der Waals surface area contributed by atoms with Gasteiger partial charge in [-0.3, -0.25) is 9.89 Å². The highest BCUT2D eigenvalue weighted by atomic mass is 16.4. The molecule has 1 aromatic heterocycles. The van der Waals surface area contributed by atoms with Crippen LogP contribution in [0.15, 0.2) is 6.20 Å². The van der Waals surface area contributed by atoms with E-state index in [9.17, 15) is 4.79 Å². The van der Waals surface area contributed by atoms with Crippen molar-refractivity contribution in [1.29, 1.82) is 0 Å². The summed E-state index contributed by atoms with van der Waals surface area (Å²) in [6.07, 6.45) is 4.51. The fraction of sp³-hybridized carbons (Fsp3) is 0.556. The summed E-state index contributed by atoms with van der Waals surface area (Å²) in [5.41, 5.74) is 2.10. The van der Waals surface area contributed by atoms with Crippen LogP contribution in [0.3, 0.4) is 0 Å². The molecule has 0 unspecified atom stereocenters. The molecule has 1 heterocycles. The predicted molar refractivity (Wildman–Crippen MR) is 48.5 cm³/mol. The Balaban J connectivity index is 2.54. The zero-order chi connectivity index (χ0) is 9.68. The predicted octanol–water partition coefficient (Wildman–Crippen LogP) is 1.38. The van der Waals surface area contributed by atoms with Crippen LogP contribution in [0.2, 0.25) is 0 Å². The standard InChI is InChI=1S/C9H14N2O2/c1-2-3-7-6-10-11-8(7)4-5-9(12)13/h6H,2-5H2,1H3,(H,10,11)(H,12,13). The minimum atomic E-state index is -0.767. The number of nitrogens with zero attached hydrogens (tertiary/aromatic N) is 1. The highest BCUT2D eigenvalue weighted by Crippen LogP contribution is 2.09. The molecule has 4 heteroatoms. The second-order valence-electron chi connectivity index (χ2n) is 3.02. The summed E-state index contributed by atoms with van der Waals surface area (Å²) < 4.78 is 0. The lowest BCUT2D eigenvalue weighted by Gasteiger charge is -1.98. The fourth-order valence-electron chi connectivity index (χ4n) is 1.27. The minimum Gasteiger partial charge on any atom is -0.481 e. The van der Waals surface area contributed by atoms with E-state index in [2.05, 4.69) is 17.1 Å². The monoisotopic (exact) mass is 182 g/mol. The van der Waals surface area contributed by atoms with E-state index in [0.717, 1.165) is 24.1 Å². The van der Waals surface area contributed by atoms with Gasteiger partial charge < -0.3 is 5.11 Å². The number of carbonyl (C=O) groups is 1. The Morgan fingerprint density at radius 3 is 3.00 bits per heavy atom. The molecule has 0 saturated heterocycles. The Bertz CT molecular complexity index is 281. The van der Waals surface area contributed by atoms with Gasteiger partial charge in [0.25, 0.3) is 0 Å². The molecule has 1 rings (SSSR count). The van der Waals surface area contributed by atoms with Crippen molar-refractivity contribution in [3.05, 3.63) is 17.5 Å². The van der Waals surface area contributed by atoms with E-state index in [1.807, 2.05) is 0 Å². The second kappa shape index (κ2) is 4.64. The Kier molecular flexibility index (Phi) is 3.49. The van der Waals surface area contributed by atoms with Crippen LogP contribution in [0.4, 0.5) is 0 Å². The van der Waals surface area contributed by atoms with E-state index in [0.29, 0.717) is 6.42 Å². The average molecular weight is 182 g/mol. The third kappa shape index (κ3) is 2.89. The van der Waals surface area contributed by atoms with Gasteiger partial charge in [0.15, 0.2) is 0 Å². The highest BCUT2D eigenvalue weighted by molar-refractivity contribution is 5.67. The molecule has 0 radical (unpaired) electrons. The number of aryl methyl sites for hydroxylation is 2. The summed E-state index contributed by atoms with van der Waals surface area (Å²) in [4.78, 5) is 10.3. The fourth-order valence-corrected chi connectivity index (χ4v) is 1.27. The van der Waals surface area contributed by atoms with Crippen molar-refractivity contribution in [2.24, 2.45) is 0 Å². The smallest absolute Gasteiger partial charge is 0.303 e. The van der Waals surface area contributed by atoms with Gasteiger partial charge in [0.2, 0.25) is 0 Å². The van der Waals surface area contributed by atoms with E-state index in [1.165, 1.54) is 0 Å². The van der Waals surface area contributed by atoms with Crippen LogP contribution in [0.1, 0.15) is 31.0 Å². The zero-order valence-electron chi connectivity index (χ0n) is 7.71. The maximum absolute atomic E-state index is 10.3. The first-order chi connectivity index (χ1) is 6.24. The largest absolute Gasteiger partial charge is 0.481 e. The molecule has 0 aliphatic carbocycles. The van der Waals surface area contributed by atoms with E-state index in [1.54, 1.807) is 6.20 Å². The van der Waals surface area contributed by atoms with Crippen molar-refractivity contribution in [2.45, 2.75) is 32.6 Å². The molecule has 13 heavy (non-hydrogen) atoms. The normalized spacial score (nSPS) is 10.2. The average Bonchev–Trinajstić information content (AvgIpc) is 2.49. The Labute approximate surface area is 77.0 Å². The number of rotatable bonds is 5. The number of nitrogens with one attached hydrogen (secondary N) is 1. The van der Waals surface area contributed by atoms with Gasteiger partial charge in [-0.25, -0.2) is 0 Å². The molecule has 72 valence electrons. The number of H-pyrrole nitrogens is 1. The van der Waals surface area contributed by atoms with Gasteiger partial charge in [0.1, 0.15) is 0 Å². The van der Waals surface area contributed by atoms with Crippen LogP contribution in [0.25, 0.3) is 0 Å². The highest BCUT2D eigenvalue weighted by Gasteiger charge is 2.05. The topological polar surface area (TPSA) is 66.0 Å². The first kappa shape index (κ1) is 9.77. The zero-order valence-corrected chi connectivity index (χ0v) is 7.71. The maximum Gasteiger partial charge on any atom is 0.303 e. The molecular weight excluding hydrogens is 168 g/mol. The van der Waals surface area contributed by atoms with Crippen LogP contribution in [-0.2, 0) is 17.6 Å². The lowest BCUT2D eigenvalue weighted by atomic mass is 10.1. The Morgan fingerprint density at radius 1 is 1.62 bits per heavy atom. The van der Waals surface area contributed by atoms with Gasteiger partial charge in [-0.15, -0.1) is 0 Å². The van der Waals surface area contributed by atoms with E-state index >= 15 is 0 Å². The van der Waals surface area contributed by atoms with E-state index in [4.69, 9.17) is 5.11 Å². The Morgan fingerprint density at radius 2 is 2.38 bits per heavy atom. The summed E-state index contributed by atoms with van der Waals surface area (Å²) in [6, 6.07) is 0. The van der Waals surface area contributed by atoms with Gasteiger partial charge in [0, 0.05) is 5.69 Å². The van der Waals surface area contributed by atoms with Gasteiger partial charge >= 0.3 is 5.97 Å². The van der Waals surface area contributed by atoms with Crippen LogP contribution in [-0.4, -0.2) is 21.3 Å². The molecule has 0 aliphatic rings. The summed E-state index contributed by atoms with van der Waals surface area (Å²) in [7, 11) is 0.